The fraction of sp³-hybridized carbons (Fsp3) is 0.194. The molecule has 0 saturated heterocycles. The van der Waals surface area contributed by atoms with Crippen molar-refractivity contribution in [2.45, 2.75) is 30.6 Å². The molecule has 3 aromatic rings. The second-order valence-electron chi connectivity index (χ2n) is 10.2. The van der Waals surface area contributed by atoms with E-state index in [1.165, 1.54) is 42.2 Å². The maximum absolute atomic E-state index is 12.3. The molecule has 0 spiro atoms. The Morgan fingerprint density at radius 3 is 2.20 bits per heavy atom. The number of hydrogen-bond acceptors (Lipinski definition) is 7. The molecule has 3 aromatic carbocycles. The first-order valence-corrected chi connectivity index (χ1v) is 16.4. The molecule has 230 valence electrons. The lowest BCUT2D eigenvalue weighted by atomic mass is 9.73. The van der Waals surface area contributed by atoms with E-state index < -0.39 is 42.3 Å². The van der Waals surface area contributed by atoms with Crippen molar-refractivity contribution in [1.29, 1.82) is 0 Å². The van der Waals surface area contributed by atoms with Gasteiger partial charge in [-0.25, -0.2) is 13.2 Å². The van der Waals surface area contributed by atoms with Gasteiger partial charge in [0.2, 0.25) is 11.6 Å². The van der Waals surface area contributed by atoms with Crippen LogP contribution >= 0.6 is 0 Å². The van der Waals surface area contributed by atoms with Crippen LogP contribution in [0.3, 0.4) is 0 Å². The predicted octanol–water partition coefficient (Wildman–Crippen LogP) is 4.09. The molecular formula is C31H30N2O9S2. The number of carboxylic acid groups (broad SMARTS) is 1. The first-order chi connectivity index (χ1) is 20.6. The highest BCUT2D eigenvalue weighted by atomic mass is 32.2. The summed E-state index contributed by atoms with van der Waals surface area (Å²) in [4.78, 5) is 24.8. The smallest absolute Gasteiger partial charge is 0.335 e. The van der Waals surface area contributed by atoms with E-state index in [1.807, 2.05) is 6.07 Å². The minimum atomic E-state index is -4.85. The molecule has 44 heavy (non-hydrogen) atoms. The molecule has 1 unspecified atom stereocenters. The summed E-state index contributed by atoms with van der Waals surface area (Å²) in [6.07, 6.45) is 6.57. The van der Waals surface area contributed by atoms with Gasteiger partial charge in [0, 0.05) is 42.9 Å². The highest BCUT2D eigenvalue weighted by Crippen LogP contribution is 2.46. The quantitative estimate of drug-likeness (QED) is 0.178. The van der Waals surface area contributed by atoms with Gasteiger partial charge in [-0.05, 0) is 55.0 Å². The SMILES string of the molecule is CC(=O)N(/C=C/C=C/C1=[N+](CCCS(=O)(=O)O)c2ccc(S(=O)(=O)[O-])cc2C1(C)c1ccc(C(=O)O)cc1)c1ccccc1. The third-order valence-corrected chi connectivity index (χ3v) is 8.99. The van der Waals surface area contributed by atoms with Crippen molar-refractivity contribution in [3.63, 3.8) is 0 Å². The van der Waals surface area contributed by atoms with Gasteiger partial charge in [-0.1, -0.05) is 36.4 Å². The van der Waals surface area contributed by atoms with Crippen LogP contribution in [0.25, 0.3) is 0 Å². The average Bonchev–Trinajstić information content (AvgIpc) is 3.19. The van der Waals surface area contributed by atoms with Gasteiger partial charge in [0.1, 0.15) is 22.1 Å². The molecule has 0 aromatic heterocycles. The number of aromatic carboxylic acids is 1. The van der Waals surface area contributed by atoms with Crippen LogP contribution in [-0.2, 0) is 30.4 Å². The van der Waals surface area contributed by atoms with E-state index in [9.17, 15) is 40.6 Å². The van der Waals surface area contributed by atoms with Gasteiger partial charge < -0.3 is 9.66 Å². The molecule has 0 aliphatic carbocycles. The molecule has 11 nitrogen and oxygen atoms in total. The zero-order chi connectivity index (χ0) is 32.3. The number of amides is 1. The van der Waals surface area contributed by atoms with Gasteiger partial charge in [0.05, 0.1) is 16.2 Å². The fourth-order valence-electron chi connectivity index (χ4n) is 5.24. The highest BCUT2D eigenvalue weighted by Gasteiger charge is 2.49. The molecule has 1 amide bonds. The number of rotatable bonds is 11. The molecule has 0 bridgehead atoms. The fourth-order valence-corrected chi connectivity index (χ4v) is 6.23. The molecule has 1 heterocycles. The summed E-state index contributed by atoms with van der Waals surface area (Å²) in [6, 6.07) is 18.8. The van der Waals surface area contributed by atoms with Crippen LogP contribution in [0.2, 0.25) is 0 Å². The number of carbonyl (C=O) groups is 2. The van der Waals surface area contributed by atoms with E-state index in [-0.39, 0.29) is 24.4 Å². The number of anilines is 1. The molecule has 2 N–H and O–H groups in total. The Labute approximate surface area is 255 Å². The van der Waals surface area contributed by atoms with E-state index in [0.29, 0.717) is 28.2 Å². The number of benzene rings is 3. The van der Waals surface area contributed by atoms with Crippen LogP contribution < -0.4 is 4.90 Å². The summed E-state index contributed by atoms with van der Waals surface area (Å²) >= 11 is 0. The van der Waals surface area contributed by atoms with Crippen LogP contribution in [0.15, 0.2) is 102 Å². The monoisotopic (exact) mass is 638 g/mol. The van der Waals surface area contributed by atoms with Crippen molar-refractivity contribution in [2.24, 2.45) is 0 Å². The number of fused-ring (bicyclic) bond motifs is 1. The molecule has 0 saturated carbocycles. The van der Waals surface area contributed by atoms with E-state index in [1.54, 1.807) is 72.3 Å². The summed E-state index contributed by atoms with van der Waals surface area (Å²) < 4.78 is 70.1. The van der Waals surface area contributed by atoms with Crippen molar-refractivity contribution >= 4 is 49.2 Å². The Kier molecular flexibility index (Phi) is 9.35. The summed E-state index contributed by atoms with van der Waals surface area (Å²) in [5.74, 6) is -1.90. The van der Waals surface area contributed by atoms with Gasteiger partial charge >= 0.3 is 5.97 Å². The van der Waals surface area contributed by atoms with E-state index in [0.717, 1.165) is 0 Å². The van der Waals surface area contributed by atoms with Crippen molar-refractivity contribution < 1.29 is 45.2 Å². The van der Waals surface area contributed by atoms with Gasteiger partial charge in [0.15, 0.2) is 5.71 Å². The second-order valence-corrected chi connectivity index (χ2v) is 13.2. The Balaban J connectivity index is 1.89. The van der Waals surface area contributed by atoms with Gasteiger partial charge in [-0.2, -0.15) is 13.0 Å². The Bertz CT molecular complexity index is 1900. The maximum atomic E-state index is 12.3. The summed E-state index contributed by atoms with van der Waals surface area (Å²) in [5, 5.41) is 9.42. The standard InChI is InChI=1S/C31H30N2O9S2/c1-22(34)32(25-9-4-3-5-10-25)18-7-6-11-29-31(2,24-14-12-23(13-15-24)30(35)36)27-21-26(44(40,41)42)16-17-28(27)33(29)19-8-20-43(37,38)39/h3-7,9-18,21H,8,19-20H2,1-2H3,(H2-,35,36,37,38,39,40,41,42). The third-order valence-electron chi connectivity index (χ3n) is 7.36. The van der Waals surface area contributed by atoms with Crippen molar-refractivity contribution in [3.8, 4) is 0 Å². The second kappa shape index (κ2) is 12.7. The number of allylic oxidation sites excluding steroid dienone is 3. The number of carboxylic acids is 1. The predicted molar refractivity (Wildman–Crippen MR) is 163 cm³/mol. The normalized spacial score (nSPS) is 16.9. The van der Waals surface area contributed by atoms with Crippen molar-refractivity contribution in [2.75, 3.05) is 17.2 Å². The Hall–Kier alpha value is -4.43. The zero-order valence-electron chi connectivity index (χ0n) is 23.8. The maximum Gasteiger partial charge on any atom is 0.335 e. The number of hydrogen-bond donors (Lipinski definition) is 2. The average molecular weight is 639 g/mol. The molecule has 1 aliphatic heterocycles. The lowest BCUT2D eigenvalue weighted by molar-refractivity contribution is -0.437. The molecule has 13 heteroatoms. The van der Waals surface area contributed by atoms with Crippen molar-refractivity contribution in [1.82, 2.24) is 0 Å². The van der Waals surface area contributed by atoms with Gasteiger partial charge in [-0.3, -0.25) is 14.2 Å². The molecule has 0 fully saturated rings. The Morgan fingerprint density at radius 1 is 0.977 bits per heavy atom. The summed E-state index contributed by atoms with van der Waals surface area (Å²) in [6.45, 7) is 3.28. The highest BCUT2D eigenvalue weighted by molar-refractivity contribution is 7.86. The minimum absolute atomic E-state index is 0.00715. The van der Waals surface area contributed by atoms with Crippen LogP contribution in [0.5, 0.6) is 0 Å². The topological polar surface area (TPSA) is 172 Å². The van der Waals surface area contributed by atoms with Crippen LogP contribution in [0.4, 0.5) is 11.4 Å². The molecular weight excluding hydrogens is 608 g/mol. The van der Waals surface area contributed by atoms with Crippen LogP contribution in [0.1, 0.15) is 41.8 Å². The van der Waals surface area contributed by atoms with Crippen LogP contribution in [-0.4, -0.2) is 65.5 Å². The third kappa shape index (κ3) is 7.03. The van der Waals surface area contributed by atoms with E-state index in [4.69, 9.17) is 0 Å². The summed E-state index contributed by atoms with van der Waals surface area (Å²) in [7, 11) is -9.12. The molecule has 0 radical (unpaired) electrons. The van der Waals surface area contributed by atoms with Crippen LogP contribution in [0, 0.1) is 0 Å². The largest absolute Gasteiger partial charge is 0.744 e. The number of para-hydroxylation sites is 1. The molecule has 1 aliphatic rings. The van der Waals surface area contributed by atoms with Gasteiger partial charge in [-0.15, -0.1) is 0 Å². The zero-order valence-corrected chi connectivity index (χ0v) is 25.5. The number of carbonyl (C=O) groups excluding carboxylic acids is 1. The lowest BCUT2D eigenvalue weighted by Gasteiger charge is -2.24. The first-order valence-electron chi connectivity index (χ1n) is 13.4. The van der Waals surface area contributed by atoms with Gasteiger partial charge in [0.25, 0.3) is 10.1 Å². The molecule has 4 rings (SSSR count). The van der Waals surface area contributed by atoms with E-state index >= 15 is 0 Å². The van der Waals surface area contributed by atoms with E-state index in [2.05, 4.69) is 0 Å². The first kappa shape index (κ1) is 32.5. The lowest BCUT2D eigenvalue weighted by Crippen LogP contribution is -2.33. The molecule has 1 atom stereocenters. The van der Waals surface area contributed by atoms with Crippen molar-refractivity contribution in [3.05, 3.63) is 114 Å². The minimum Gasteiger partial charge on any atom is -0.744 e. The summed E-state index contributed by atoms with van der Waals surface area (Å²) in [5.41, 5.74) is 1.56. The number of nitrogens with zero attached hydrogens (tertiary/aromatic N) is 2. The Morgan fingerprint density at radius 2 is 1.64 bits per heavy atom.